The first-order valence-corrected chi connectivity index (χ1v) is 21.3. The van der Waals surface area contributed by atoms with Crippen molar-refractivity contribution in [1.82, 2.24) is 0 Å². The van der Waals surface area contributed by atoms with Gasteiger partial charge >= 0.3 is 0 Å². The molecule has 278 valence electrons. The van der Waals surface area contributed by atoms with Gasteiger partial charge in [0.15, 0.2) is 0 Å². The fourth-order valence-corrected chi connectivity index (χ4v) is 8.98. The topological polar surface area (TPSA) is 170 Å². The van der Waals surface area contributed by atoms with E-state index < -0.39 is 30.4 Å². The Labute approximate surface area is 318 Å². The number of hydrogen-bond donors (Lipinski definition) is 3. The molecule has 0 fully saturated rings. The van der Waals surface area contributed by atoms with Crippen molar-refractivity contribution in [1.29, 1.82) is 0 Å². The zero-order valence-electron chi connectivity index (χ0n) is 29.1. The van der Waals surface area contributed by atoms with Crippen LogP contribution in [0.2, 0.25) is 0 Å². The van der Waals surface area contributed by atoms with Crippen molar-refractivity contribution in [3.8, 4) is 0 Å². The summed E-state index contributed by atoms with van der Waals surface area (Å²) in [4.78, 5) is 0.715. The molecule has 0 spiro atoms. The molecule has 2 aliphatic rings. The van der Waals surface area contributed by atoms with Crippen LogP contribution in [0.15, 0.2) is 122 Å². The summed E-state index contributed by atoms with van der Waals surface area (Å²) >= 11 is 7.09. The van der Waals surface area contributed by atoms with Crippen LogP contribution in [0.1, 0.15) is 41.5 Å². The molecule has 7 rings (SSSR count). The van der Waals surface area contributed by atoms with Gasteiger partial charge in [0, 0.05) is 40.9 Å². The molecule has 1 aliphatic heterocycles. The highest BCUT2D eigenvalue weighted by molar-refractivity contribution is 7.86. The summed E-state index contributed by atoms with van der Waals surface area (Å²) in [6.07, 6.45) is 9.79. The number of benzene rings is 4. The van der Waals surface area contributed by atoms with Crippen molar-refractivity contribution >= 4 is 86.8 Å². The zero-order valence-corrected chi connectivity index (χ0v) is 32.4. The number of allylic oxidation sites excluding steroid dienone is 6. The molecular formula is C39H34ClN2O9S3+. The predicted octanol–water partition coefficient (Wildman–Crippen LogP) is 7.70. The van der Waals surface area contributed by atoms with Crippen molar-refractivity contribution in [2.75, 3.05) is 11.9 Å². The molecular weight excluding hydrogens is 772 g/mol. The largest absolute Gasteiger partial charge is 0.344 e. The highest BCUT2D eigenvalue weighted by Crippen LogP contribution is 2.46. The standard InChI is InChI=1S/C39H33ClN2O9S3/c1-23-7-13-31-29(32-16-10-26(52(43,44)45)20-36(32)41(2)35(31)19-23)14-8-24-5-4-6-25(39(24)40)9-15-30-33-17-11-27(53(46,47)48)21-37(33)42(3)38-22-28(54(49,50)51)12-18-34(30)38/h7-22H,4-6H2,1-3H3,(H2-,43,44,45,46,47,48,49,50,51)/p+1. The van der Waals surface area contributed by atoms with Gasteiger partial charge in [0.25, 0.3) is 30.4 Å². The number of fused-ring (bicyclic) bond motifs is 4. The number of pyridine rings is 1. The molecule has 1 aliphatic carbocycles. The molecule has 0 saturated carbocycles. The van der Waals surface area contributed by atoms with Gasteiger partial charge in [-0.15, -0.1) is 0 Å². The molecule has 54 heavy (non-hydrogen) atoms. The van der Waals surface area contributed by atoms with Gasteiger partial charge in [0.05, 0.1) is 31.9 Å². The van der Waals surface area contributed by atoms with Gasteiger partial charge in [-0.05, 0) is 90.9 Å². The third kappa shape index (κ3) is 6.90. The van der Waals surface area contributed by atoms with Gasteiger partial charge in [-0.3, -0.25) is 13.7 Å². The van der Waals surface area contributed by atoms with Crippen LogP contribution in [0, 0.1) is 6.92 Å². The Bertz CT molecular complexity index is 2850. The summed E-state index contributed by atoms with van der Waals surface area (Å²) in [5.74, 6) is 0. The monoisotopic (exact) mass is 805 g/mol. The lowest BCUT2D eigenvalue weighted by atomic mass is 9.89. The summed E-state index contributed by atoms with van der Waals surface area (Å²) in [5.41, 5.74) is 7.72. The quantitative estimate of drug-likeness (QED) is 0.0878. The molecule has 2 heterocycles. The van der Waals surface area contributed by atoms with Gasteiger partial charge in [0.2, 0.25) is 11.0 Å². The zero-order chi connectivity index (χ0) is 38.9. The maximum atomic E-state index is 12.0. The highest BCUT2D eigenvalue weighted by Gasteiger charge is 2.28. The van der Waals surface area contributed by atoms with E-state index in [2.05, 4.69) is 0 Å². The van der Waals surface area contributed by atoms with Crippen molar-refractivity contribution in [3.63, 3.8) is 0 Å². The first-order valence-electron chi connectivity index (χ1n) is 16.6. The third-order valence-corrected chi connectivity index (χ3v) is 13.0. The maximum absolute atomic E-state index is 12.0. The predicted molar refractivity (Wildman–Crippen MR) is 209 cm³/mol. The number of halogens is 1. The second kappa shape index (κ2) is 13.6. The van der Waals surface area contributed by atoms with E-state index in [1.54, 1.807) is 30.1 Å². The van der Waals surface area contributed by atoms with Crippen molar-refractivity contribution in [3.05, 3.63) is 129 Å². The minimum absolute atomic E-state index is 0.206. The molecule has 0 atom stereocenters. The fourth-order valence-electron chi connectivity index (χ4n) is 7.16. The highest BCUT2D eigenvalue weighted by atomic mass is 35.5. The van der Waals surface area contributed by atoms with E-state index in [1.807, 2.05) is 61.0 Å². The van der Waals surface area contributed by atoms with Crippen LogP contribution in [0.5, 0.6) is 0 Å². The molecule has 0 unspecified atom stereocenters. The van der Waals surface area contributed by atoms with Gasteiger partial charge < -0.3 is 4.90 Å². The Morgan fingerprint density at radius 3 is 1.78 bits per heavy atom. The summed E-state index contributed by atoms with van der Waals surface area (Å²) < 4.78 is 103. The van der Waals surface area contributed by atoms with E-state index in [-0.39, 0.29) is 14.7 Å². The van der Waals surface area contributed by atoms with Crippen LogP contribution in [-0.4, -0.2) is 46.0 Å². The lowest BCUT2D eigenvalue weighted by Gasteiger charge is -2.32. The molecule has 0 saturated heterocycles. The first-order chi connectivity index (χ1) is 25.3. The number of nitrogens with zero attached hydrogens (tertiary/aromatic N) is 2. The summed E-state index contributed by atoms with van der Waals surface area (Å²) in [6, 6.07) is 18.9. The average molecular weight is 806 g/mol. The Kier molecular flexibility index (Phi) is 9.46. The molecule has 0 radical (unpaired) electrons. The van der Waals surface area contributed by atoms with Gasteiger partial charge in [-0.1, -0.05) is 54.1 Å². The minimum Gasteiger partial charge on any atom is -0.344 e. The van der Waals surface area contributed by atoms with Crippen LogP contribution < -0.4 is 9.47 Å². The van der Waals surface area contributed by atoms with Crippen LogP contribution in [0.4, 0.5) is 11.4 Å². The van der Waals surface area contributed by atoms with Crippen LogP contribution in [0.25, 0.3) is 33.5 Å². The van der Waals surface area contributed by atoms with Crippen LogP contribution in [-0.2, 0) is 37.4 Å². The Morgan fingerprint density at radius 2 is 1.20 bits per heavy atom. The molecule has 5 aromatic rings. The average Bonchev–Trinajstić information content (AvgIpc) is 3.11. The molecule has 3 N–H and O–H groups in total. The first kappa shape index (κ1) is 37.6. The van der Waals surface area contributed by atoms with Gasteiger partial charge in [0.1, 0.15) is 11.9 Å². The van der Waals surface area contributed by atoms with E-state index in [0.717, 1.165) is 45.0 Å². The van der Waals surface area contributed by atoms with E-state index in [4.69, 9.17) is 11.6 Å². The SMILES string of the molecule is Cc1ccc2c(/C=C/C3=C(Cl)C(=C/C=C4c5ccc(S(=O)(=O)O)cc5N(C)c5cc(S(=O)(=O)O)ccc54)/CCC3)c3ccc(S(=O)(=O)O)cc3[n+](C)c2c1. The number of aryl methyl sites for hydroxylation is 2. The molecule has 1 aromatic heterocycles. The van der Waals surface area contributed by atoms with Crippen LogP contribution in [0.3, 0.4) is 0 Å². The number of rotatable bonds is 6. The molecule has 0 amide bonds. The molecule has 0 bridgehead atoms. The summed E-state index contributed by atoms with van der Waals surface area (Å²) in [7, 11) is -10.1. The normalized spacial score (nSPS) is 16.1. The fraction of sp³-hybridized carbons (Fsp3) is 0.154. The van der Waals surface area contributed by atoms with Gasteiger partial charge in [-0.25, -0.2) is 0 Å². The summed E-state index contributed by atoms with van der Waals surface area (Å²) in [5, 5.41) is 2.26. The lowest BCUT2D eigenvalue weighted by molar-refractivity contribution is -0.617. The van der Waals surface area contributed by atoms with Gasteiger partial charge in [-0.2, -0.15) is 29.8 Å². The maximum Gasteiger partial charge on any atom is 0.294 e. The number of hydrogen-bond acceptors (Lipinski definition) is 7. The van der Waals surface area contributed by atoms with Crippen molar-refractivity contribution in [2.24, 2.45) is 7.05 Å². The second-order valence-corrected chi connectivity index (χ2v) is 18.0. The Hall–Kier alpha value is -4.67. The summed E-state index contributed by atoms with van der Waals surface area (Å²) in [6.45, 7) is 1.97. The lowest BCUT2D eigenvalue weighted by Crippen LogP contribution is -2.30. The van der Waals surface area contributed by atoms with Crippen molar-refractivity contribution < 1.29 is 43.5 Å². The van der Waals surface area contributed by atoms with Crippen LogP contribution >= 0.6 is 11.6 Å². The smallest absolute Gasteiger partial charge is 0.294 e. The van der Waals surface area contributed by atoms with E-state index in [0.29, 0.717) is 51.5 Å². The third-order valence-electron chi connectivity index (χ3n) is 9.92. The number of anilines is 2. The minimum atomic E-state index is -4.55. The molecule has 15 heteroatoms. The van der Waals surface area contributed by atoms with Crippen molar-refractivity contribution in [2.45, 2.75) is 40.9 Å². The molecule has 11 nitrogen and oxygen atoms in total. The van der Waals surface area contributed by atoms with E-state index >= 15 is 0 Å². The Balaban J connectivity index is 1.35. The second-order valence-electron chi connectivity index (χ2n) is 13.3. The number of aromatic nitrogens is 1. The van der Waals surface area contributed by atoms with E-state index in [9.17, 15) is 38.9 Å². The van der Waals surface area contributed by atoms with E-state index in [1.165, 1.54) is 36.4 Å². The Morgan fingerprint density at radius 1 is 0.685 bits per heavy atom. The molecule has 4 aromatic carbocycles.